The molecule has 2 aromatic heterocycles. The lowest BCUT2D eigenvalue weighted by Crippen LogP contribution is -2.22. The van der Waals surface area contributed by atoms with E-state index >= 15 is 0 Å². The summed E-state index contributed by atoms with van der Waals surface area (Å²) in [5, 5.41) is 13.0. The zero-order valence-electron chi connectivity index (χ0n) is 16.1. The number of benzene rings is 1. The Morgan fingerprint density at radius 3 is 2.77 bits per heavy atom. The average Bonchev–Trinajstić information content (AvgIpc) is 3.14. The Hall–Kier alpha value is -2.49. The zero-order chi connectivity index (χ0) is 20.7. The molecule has 1 amide bonds. The Morgan fingerprint density at radius 1 is 1.27 bits per heavy atom. The maximum atomic E-state index is 13.0. The number of carbonyl (C=O) groups excluding carboxylic acids is 1. The largest absolute Gasteiger partial charge is 0.390 e. The van der Waals surface area contributed by atoms with Gasteiger partial charge in [0.25, 0.3) is 0 Å². The molecule has 30 heavy (non-hydrogen) atoms. The SMILES string of the molecule is O=C(Nc1nc2ccc(-c3cnc(CO[C@H]4CCC[C@@H]4O)nc3)cc2s1)[C@@H]1C[C@H]1F. The molecule has 4 atom stereocenters. The predicted molar refractivity (Wildman–Crippen MR) is 111 cm³/mol. The fourth-order valence-corrected chi connectivity index (χ4v) is 4.56. The van der Waals surface area contributed by atoms with Gasteiger partial charge in [-0.1, -0.05) is 17.4 Å². The van der Waals surface area contributed by atoms with Gasteiger partial charge < -0.3 is 15.2 Å². The number of thiazole rings is 1. The van der Waals surface area contributed by atoms with Crippen molar-refractivity contribution in [3.63, 3.8) is 0 Å². The molecule has 2 aliphatic rings. The van der Waals surface area contributed by atoms with Crippen molar-refractivity contribution in [1.82, 2.24) is 15.0 Å². The monoisotopic (exact) mass is 428 g/mol. The Balaban J connectivity index is 1.26. The molecule has 2 N–H and O–H groups in total. The first-order valence-corrected chi connectivity index (χ1v) is 10.8. The number of alkyl halides is 1. The van der Waals surface area contributed by atoms with E-state index in [1.54, 1.807) is 12.4 Å². The maximum Gasteiger partial charge on any atom is 0.232 e. The highest BCUT2D eigenvalue weighted by Gasteiger charge is 2.43. The Bertz CT molecular complexity index is 1070. The van der Waals surface area contributed by atoms with Crippen LogP contribution >= 0.6 is 11.3 Å². The highest BCUT2D eigenvalue weighted by molar-refractivity contribution is 7.22. The highest BCUT2D eigenvalue weighted by Crippen LogP contribution is 2.36. The van der Waals surface area contributed by atoms with Gasteiger partial charge in [-0.3, -0.25) is 4.79 Å². The quantitative estimate of drug-likeness (QED) is 0.624. The van der Waals surface area contributed by atoms with Crippen LogP contribution in [0.2, 0.25) is 0 Å². The molecule has 2 aliphatic carbocycles. The van der Waals surface area contributed by atoms with Gasteiger partial charge in [0.15, 0.2) is 11.0 Å². The minimum atomic E-state index is -1.03. The molecule has 2 fully saturated rings. The summed E-state index contributed by atoms with van der Waals surface area (Å²) in [6.45, 7) is 0.277. The number of nitrogens with one attached hydrogen (secondary N) is 1. The van der Waals surface area contributed by atoms with Gasteiger partial charge in [0.05, 0.1) is 28.3 Å². The standard InChI is InChI=1S/C21H21FN4O3S/c22-14-7-13(14)20(28)26-21-25-15-5-4-11(6-18(15)30-21)12-8-23-19(24-9-12)10-29-17-3-1-2-16(17)27/h4-6,8-9,13-14,16-17,27H,1-3,7,10H2,(H,25,26,28)/t13-,14-,16+,17+/m1/s1. The van der Waals surface area contributed by atoms with Gasteiger partial charge in [-0.05, 0) is 43.4 Å². The molecule has 1 aromatic carbocycles. The van der Waals surface area contributed by atoms with Crippen molar-refractivity contribution in [2.75, 3.05) is 5.32 Å². The number of halogens is 1. The third-order valence-electron chi connectivity index (χ3n) is 5.55. The number of carbonyl (C=O) groups is 1. The molecular formula is C21H21FN4O3S. The lowest BCUT2D eigenvalue weighted by molar-refractivity contribution is -0.117. The number of hydrogen-bond donors (Lipinski definition) is 2. The fraction of sp³-hybridized carbons (Fsp3) is 0.429. The van der Waals surface area contributed by atoms with Crippen LogP contribution < -0.4 is 5.32 Å². The van der Waals surface area contributed by atoms with Crippen LogP contribution in [0.25, 0.3) is 21.3 Å². The summed E-state index contributed by atoms with van der Waals surface area (Å²) in [5.74, 6) is -0.268. The second kappa shape index (κ2) is 7.98. The highest BCUT2D eigenvalue weighted by atomic mass is 32.1. The number of aliphatic hydroxyl groups is 1. The van der Waals surface area contributed by atoms with Crippen molar-refractivity contribution in [3.05, 3.63) is 36.4 Å². The van der Waals surface area contributed by atoms with E-state index in [0.29, 0.717) is 17.4 Å². The minimum Gasteiger partial charge on any atom is -0.390 e. The number of ether oxygens (including phenoxy) is 1. The van der Waals surface area contributed by atoms with E-state index in [1.807, 2.05) is 18.2 Å². The fourth-order valence-electron chi connectivity index (χ4n) is 3.65. The molecule has 2 heterocycles. The van der Waals surface area contributed by atoms with Crippen molar-refractivity contribution in [3.8, 4) is 11.1 Å². The van der Waals surface area contributed by atoms with Crippen LogP contribution in [0.3, 0.4) is 0 Å². The van der Waals surface area contributed by atoms with Crippen LogP contribution in [0.15, 0.2) is 30.6 Å². The first-order chi connectivity index (χ1) is 14.6. The normalized spacial score (nSPS) is 25.5. The van der Waals surface area contributed by atoms with E-state index in [-0.39, 0.29) is 18.6 Å². The van der Waals surface area contributed by atoms with Gasteiger partial charge in [-0.2, -0.15) is 0 Å². The van der Waals surface area contributed by atoms with Gasteiger partial charge in [-0.15, -0.1) is 0 Å². The zero-order valence-corrected chi connectivity index (χ0v) is 16.9. The first kappa shape index (κ1) is 19.5. The van der Waals surface area contributed by atoms with Gasteiger partial charge >= 0.3 is 0 Å². The summed E-state index contributed by atoms with van der Waals surface area (Å²) in [6, 6.07) is 5.78. The van der Waals surface area contributed by atoms with Gasteiger partial charge in [0.2, 0.25) is 5.91 Å². The van der Waals surface area contributed by atoms with E-state index < -0.39 is 18.2 Å². The summed E-state index contributed by atoms with van der Waals surface area (Å²) in [5.41, 5.74) is 2.57. The third kappa shape index (κ3) is 4.05. The lowest BCUT2D eigenvalue weighted by atomic mass is 10.1. The molecule has 0 saturated heterocycles. The van der Waals surface area contributed by atoms with E-state index in [4.69, 9.17) is 4.74 Å². The van der Waals surface area contributed by atoms with Gasteiger partial charge in [-0.25, -0.2) is 19.3 Å². The molecule has 7 nitrogen and oxygen atoms in total. The van der Waals surface area contributed by atoms with Crippen LogP contribution in [0, 0.1) is 5.92 Å². The van der Waals surface area contributed by atoms with Crippen molar-refractivity contribution < 1.29 is 19.0 Å². The van der Waals surface area contributed by atoms with E-state index in [0.717, 1.165) is 40.6 Å². The molecule has 9 heteroatoms. The van der Waals surface area contributed by atoms with E-state index in [2.05, 4.69) is 20.3 Å². The number of amides is 1. The molecular weight excluding hydrogens is 407 g/mol. The summed E-state index contributed by atoms with van der Waals surface area (Å²) < 4.78 is 19.7. The van der Waals surface area contributed by atoms with Crippen LogP contribution in [-0.4, -0.2) is 44.3 Å². The molecule has 0 aliphatic heterocycles. The van der Waals surface area contributed by atoms with Crippen LogP contribution in [-0.2, 0) is 16.1 Å². The number of hydrogen-bond acceptors (Lipinski definition) is 7. The van der Waals surface area contributed by atoms with Crippen molar-refractivity contribution in [2.24, 2.45) is 5.92 Å². The predicted octanol–water partition coefficient (Wildman–Crippen LogP) is 3.48. The molecule has 5 rings (SSSR count). The summed E-state index contributed by atoms with van der Waals surface area (Å²) in [6.07, 6.45) is 4.87. The van der Waals surface area contributed by atoms with E-state index in [9.17, 15) is 14.3 Å². The number of anilines is 1. The van der Waals surface area contributed by atoms with Gasteiger partial charge in [0, 0.05) is 18.0 Å². The minimum absolute atomic E-state index is 0.132. The molecule has 3 aromatic rings. The Labute approximate surface area is 176 Å². The maximum absolute atomic E-state index is 13.0. The Kier molecular flexibility index (Phi) is 5.18. The molecule has 0 spiro atoms. The summed E-state index contributed by atoms with van der Waals surface area (Å²) >= 11 is 1.36. The number of fused-ring (bicyclic) bond motifs is 1. The average molecular weight is 428 g/mol. The molecule has 0 radical (unpaired) electrons. The van der Waals surface area contributed by atoms with E-state index in [1.165, 1.54) is 11.3 Å². The third-order valence-corrected chi connectivity index (χ3v) is 6.48. The van der Waals surface area contributed by atoms with Crippen molar-refractivity contribution >= 4 is 32.6 Å². The summed E-state index contributed by atoms with van der Waals surface area (Å²) in [4.78, 5) is 25.1. The molecule has 2 saturated carbocycles. The second-order valence-corrected chi connectivity index (χ2v) is 8.82. The van der Waals surface area contributed by atoms with Crippen molar-refractivity contribution in [1.29, 1.82) is 0 Å². The van der Waals surface area contributed by atoms with Crippen molar-refractivity contribution in [2.45, 2.75) is 50.7 Å². The number of aliphatic hydroxyl groups excluding tert-OH is 1. The summed E-state index contributed by atoms with van der Waals surface area (Å²) in [7, 11) is 0. The topological polar surface area (TPSA) is 97.2 Å². The van der Waals surface area contributed by atoms with Crippen LogP contribution in [0.1, 0.15) is 31.5 Å². The smallest absolute Gasteiger partial charge is 0.232 e. The second-order valence-electron chi connectivity index (χ2n) is 7.78. The number of aromatic nitrogens is 3. The number of nitrogens with zero attached hydrogens (tertiary/aromatic N) is 3. The first-order valence-electron chi connectivity index (χ1n) is 10.0. The molecule has 156 valence electrons. The number of rotatable bonds is 6. The van der Waals surface area contributed by atoms with Crippen LogP contribution in [0.4, 0.5) is 9.52 Å². The Morgan fingerprint density at radius 2 is 2.07 bits per heavy atom. The lowest BCUT2D eigenvalue weighted by Gasteiger charge is -2.14. The van der Waals surface area contributed by atoms with Gasteiger partial charge in [0.1, 0.15) is 12.8 Å². The molecule has 0 bridgehead atoms. The van der Waals surface area contributed by atoms with Crippen LogP contribution in [0.5, 0.6) is 0 Å². The molecule has 0 unspecified atom stereocenters.